The number of carbonyl (C=O) groups excluding carboxylic acids is 1. The van der Waals surface area contributed by atoms with E-state index in [4.69, 9.17) is 9.47 Å². The topological polar surface area (TPSA) is 68.4 Å². The molecule has 0 spiro atoms. The Morgan fingerprint density at radius 3 is 2.65 bits per heavy atom. The van der Waals surface area contributed by atoms with Crippen molar-refractivity contribution in [3.05, 3.63) is 69.9 Å². The molecule has 1 aromatic heterocycles. The highest BCUT2D eigenvalue weighted by molar-refractivity contribution is 5.86. The van der Waals surface area contributed by atoms with E-state index in [-0.39, 0.29) is 23.6 Å². The third-order valence-corrected chi connectivity index (χ3v) is 3.54. The zero-order chi connectivity index (χ0) is 18.9. The van der Waals surface area contributed by atoms with Gasteiger partial charge in [-0.05, 0) is 36.1 Å². The van der Waals surface area contributed by atoms with E-state index in [1.165, 1.54) is 36.5 Å². The van der Waals surface area contributed by atoms with Gasteiger partial charge in [-0.25, -0.2) is 9.18 Å². The maximum Gasteiger partial charge on any atom is 0.331 e. The molecule has 26 heavy (non-hydrogen) atoms. The second-order valence-electron chi connectivity index (χ2n) is 6.21. The molecule has 5 nitrogen and oxygen atoms in total. The highest BCUT2D eigenvalue weighted by atomic mass is 19.1. The number of H-pyrrole nitrogens is 1. The van der Waals surface area contributed by atoms with Gasteiger partial charge < -0.3 is 14.5 Å². The summed E-state index contributed by atoms with van der Waals surface area (Å²) < 4.78 is 23.3. The SMILES string of the molecule is CC(C)CCOc1c[nH]c(COC(=O)/C=C/c2ccc(F)cc2)cc1=O. The van der Waals surface area contributed by atoms with E-state index in [1.807, 2.05) is 0 Å². The van der Waals surface area contributed by atoms with Gasteiger partial charge in [-0.1, -0.05) is 26.0 Å². The fraction of sp³-hybridized carbons (Fsp3) is 0.300. The molecule has 0 saturated heterocycles. The Bertz CT molecular complexity index is 809. The molecule has 0 unspecified atom stereocenters. The molecular weight excluding hydrogens is 337 g/mol. The number of halogens is 1. The molecule has 1 heterocycles. The lowest BCUT2D eigenvalue weighted by atomic mass is 10.1. The average Bonchev–Trinajstić information content (AvgIpc) is 2.61. The van der Waals surface area contributed by atoms with Crippen LogP contribution in [0.5, 0.6) is 5.75 Å². The summed E-state index contributed by atoms with van der Waals surface area (Å²) in [5.41, 5.74) is 0.884. The number of carbonyl (C=O) groups is 1. The maximum absolute atomic E-state index is 12.8. The van der Waals surface area contributed by atoms with E-state index in [0.717, 1.165) is 6.42 Å². The molecule has 0 atom stereocenters. The van der Waals surface area contributed by atoms with Crippen molar-refractivity contribution in [3.63, 3.8) is 0 Å². The van der Waals surface area contributed by atoms with Crippen molar-refractivity contribution < 1.29 is 18.7 Å². The highest BCUT2D eigenvalue weighted by Crippen LogP contribution is 2.07. The Morgan fingerprint density at radius 2 is 2.00 bits per heavy atom. The number of aromatic amines is 1. The summed E-state index contributed by atoms with van der Waals surface area (Å²) in [7, 11) is 0. The van der Waals surface area contributed by atoms with Gasteiger partial charge in [0.15, 0.2) is 5.75 Å². The van der Waals surface area contributed by atoms with Crippen LogP contribution in [0.25, 0.3) is 6.08 Å². The fourth-order valence-corrected chi connectivity index (χ4v) is 2.04. The molecule has 0 radical (unpaired) electrons. The first-order valence-corrected chi connectivity index (χ1v) is 8.39. The molecule has 6 heteroatoms. The van der Waals surface area contributed by atoms with Gasteiger partial charge in [0.2, 0.25) is 5.43 Å². The van der Waals surface area contributed by atoms with Crippen LogP contribution in [0.1, 0.15) is 31.5 Å². The number of pyridine rings is 1. The molecule has 2 aromatic rings. The lowest BCUT2D eigenvalue weighted by molar-refractivity contribution is -0.139. The Labute approximate surface area is 151 Å². The molecule has 0 saturated carbocycles. The van der Waals surface area contributed by atoms with Gasteiger partial charge >= 0.3 is 5.97 Å². The number of hydrogen-bond donors (Lipinski definition) is 1. The van der Waals surface area contributed by atoms with E-state index in [1.54, 1.807) is 12.1 Å². The van der Waals surface area contributed by atoms with Gasteiger partial charge in [-0.15, -0.1) is 0 Å². The third kappa shape index (κ3) is 6.55. The van der Waals surface area contributed by atoms with Crippen LogP contribution in [0.15, 0.2) is 47.4 Å². The van der Waals surface area contributed by atoms with Crippen molar-refractivity contribution >= 4 is 12.0 Å². The predicted octanol–water partition coefficient (Wildman–Crippen LogP) is 3.70. The van der Waals surface area contributed by atoms with Crippen molar-refractivity contribution in [2.75, 3.05) is 6.61 Å². The van der Waals surface area contributed by atoms with E-state index in [0.29, 0.717) is 23.8 Å². The lowest BCUT2D eigenvalue weighted by Gasteiger charge is -2.08. The summed E-state index contributed by atoms with van der Waals surface area (Å²) in [6.45, 7) is 4.57. The molecule has 0 amide bonds. The summed E-state index contributed by atoms with van der Waals surface area (Å²) >= 11 is 0. The number of benzene rings is 1. The van der Waals surface area contributed by atoms with Crippen molar-refractivity contribution in [1.82, 2.24) is 4.98 Å². The average molecular weight is 359 g/mol. The minimum Gasteiger partial charge on any atom is -0.488 e. The highest BCUT2D eigenvalue weighted by Gasteiger charge is 2.05. The van der Waals surface area contributed by atoms with Crippen LogP contribution >= 0.6 is 0 Å². The third-order valence-electron chi connectivity index (χ3n) is 3.54. The minimum absolute atomic E-state index is 0.0614. The van der Waals surface area contributed by atoms with Crippen LogP contribution in [0.2, 0.25) is 0 Å². The molecule has 0 aliphatic rings. The second kappa shape index (κ2) is 9.56. The first-order chi connectivity index (χ1) is 12.4. The maximum atomic E-state index is 12.8. The summed E-state index contributed by atoms with van der Waals surface area (Å²) in [6.07, 6.45) is 5.10. The number of hydrogen-bond acceptors (Lipinski definition) is 4. The van der Waals surface area contributed by atoms with Crippen molar-refractivity contribution in [3.8, 4) is 5.75 Å². The van der Waals surface area contributed by atoms with Gasteiger partial charge in [0, 0.05) is 18.3 Å². The Kier molecular flexibility index (Phi) is 7.14. The first-order valence-electron chi connectivity index (χ1n) is 8.39. The smallest absolute Gasteiger partial charge is 0.331 e. The fourth-order valence-electron chi connectivity index (χ4n) is 2.04. The van der Waals surface area contributed by atoms with Gasteiger partial charge in [0.05, 0.1) is 12.3 Å². The first kappa shape index (κ1) is 19.4. The number of rotatable bonds is 8. The van der Waals surface area contributed by atoms with Gasteiger partial charge in [0.25, 0.3) is 0 Å². The Morgan fingerprint density at radius 1 is 1.27 bits per heavy atom. The molecule has 1 N–H and O–H groups in total. The molecule has 0 fully saturated rings. The van der Waals surface area contributed by atoms with Crippen LogP contribution in [0.4, 0.5) is 4.39 Å². The van der Waals surface area contributed by atoms with Crippen molar-refractivity contribution in [2.45, 2.75) is 26.9 Å². The van der Waals surface area contributed by atoms with Gasteiger partial charge in [-0.2, -0.15) is 0 Å². The Balaban J connectivity index is 1.84. The van der Waals surface area contributed by atoms with Gasteiger partial charge in [0.1, 0.15) is 12.4 Å². The zero-order valence-corrected chi connectivity index (χ0v) is 14.8. The summed E-state index contributed by atoms with van der Waals surface area (Å²) in [4.78, 5) is 26.6. The number of aromatic nitrogens is 1. The normalized spacial score (nSPS) is 11.1. The van der Waals surface area contributed by atoms with E-state index < -0.39 is 5.97 Å². The second-order valence-corrected chi connectivity index (χ2v) is 6.21. The quantitative estimate of drug-likeness (QED) is 0.576. The Hall–Kier alpha value is -2.89. The summed E-state index contributed by atoms with van der Waals surface area (Å²) in [5, 5.41) is 0. The lowest BCUT2D eigenvalue weighted by Crippen LogP contribution is -2.12. The molecule has 138 valence electrons. The zero-order valence-electron chi connectivity index (χ0n) is 14.8. The van der Waals surface area contributed by atoms with Crippen molar-refractivity contribution in [1.29, 1.82) is 0 Å². The minimum atomic E-state index is -0.563. The summed E-state index contributed by atoms with van der Waals surface area (Å²) in [6, 6.07) is 7.06. The molecule has 1 aromatic carbocycles. The van der Waals surface area contributed by atoms with E-state index >= 15 is 0 Å². The van der Waals surface area contributed by atoms with E-state index in [2.05, 4.69) is 18.8 Å². The van der Waals surface area contributed by atoms with Crippen LogP contribution in [0, 0.1) is 11.7 Å². The largest absolute Gasteiger partial charge is 0.488 e. The van der Waals surface area contributed by atoms with Gasteiger partial charge in [-0.3, -0.25) is 4.79 Å². The molecular formula is C20H22FNO4. The predicted molar refractivity (Wildman–Crippen MR) is 97.2 cm³/mol. The van der Waals surface area contributed by atoms with Crippen LogP contribution < -0.4 is 10.2 Å². The molecule has 2 rings (SSSR count). The van der Waals surface area contributed by atoms with Crippen LogP contribution in [-0.2, 0) is 16.1 Å². The number of esters is 1. The molecule has 0 aliphatic carbocycles. The molecule has 0 bridgehead atoms. The monoisotopic (exact) mass is 359 g/mol. The van der Waals surface area contributed by atoms with E-state index in [9.17, 15) is 14.0 Å². The van der Waals surface area contributed by atoms with Crippen LogP contribution in [-0.4, -0.2) is 17.6 Å². The summed E-state index contributed by atoms with van der Waals surface area (Å²) in [5.74, 6) is -0.162. The number of nitrogens with one attached hydrogen (secondary N) is 1. The van der Waals surface area contributed by atoms with Crippen molar-refractivity contribution in [2.24, 2.45) is 5.92 Å². The standard InChI is InChI=1S/C20H22FNO4/c1-14(2)9-10-25-19-12-22-17(11-18(19)23)13-26-20(24)8-5-15-3-6-16(21)7-4-15/h3-8,11-12,14H,9-10,13H2,1-2H3,(H,22,23)/b8-5+. The number of ether oxygens (including phenoxy) is 2. The molecule has 0 aliphatic heterocycles. The van der Waals surface area contributed by atoms with Crippen LogP contribution in [0.3, 0.4) is 0 Å².